The second-order valence-electron chi connectivity index (χ2n) is 7.27. The summed E-state index contributed by atoms with van der Waals surface area (Å²) in [7, 11) is -3.81. The molecule has 1 saturated heterocycles. The monoisotopic (exact) mass is 427 g/mol. The number of H-pyrrole nitrogens is 1. The predicted octanol–water partition coefficient (Wildman–Crippen LogP) is 2.05. The molecule has 2 N–H and O–H groups in total. The zero-order chi connectivity index (χ0) is 21.5. The normalized spacial score (nSPS) is 15.4. The third-order valence-electron chi connectivity index (χ3n) is 5.33. The number of aromatic nitrogens is 1. The van der Waals surface area contributed by atoms with E-state index in [4.69, 9.17) is 5.11 Å². The second-order valence-corrected chi connectivity index (χ2v) is 9.21. The first-order chi connectivity index (χ1) is 14.3. The maximum Gasteiger partial charge on any atom is 0.341 e. The lowest BCUT2D eigenvalue weighted by molar-refractivity contribution is 0.0695. The Kier molecular flexibility index (Phi) is 5.08. The highest BCUT2D eigenvalue weighted by Crippen LogP contribution is 2.23. The summed E-state index contributed by atoms with van der Waals surface area (Å²) in [6, 6.07) is 12.2. The van der Waals surface area contributed by atoms with Crippen molar-refractivity contribution in [1.29, 1.82) is 0 Å². The molecular formula is C21H21N3O5S. The molecule has 0 spiro atoms. The number of carboxylic acids is 1. The molecule has 1 aromatic heterocycles. The van der Waals surface area contributed by atoms with E-state index in [0.717, 1.165) is 17.4 Å². The van der Waals surface area contributed by atoms with Gasteiger partial charge in [0, 0.05) is 49.0 Å². The average molecular weight is 427 g/mol. The minimum Gasteiger partial charge on any atom is -0.477 e. The number of carbonyl (C=O) groups is 1. The first-order valence-electron chi connectivity index (χ1n) is 9.48. The Morgan fingerprint density at radius 2 is 1.80 bits per heavy atom. The standard InChI is InChI=1S/C21H21N3O5S/c1-14-3-2-4-15(11-14)23-7-9-24(10-8-23)30(28,29)16-5-6-19-17(12-16)20(25)18(13-22-19)21(26)27/h2-6,11-13H,7-10H2,1H3,(H,22,25)(H,26,27). The van der Waals surface area contributed by atoms with Crippen molar-refractivity contribution in [2.45, 2.75) is 11.8 Å². The highest BCUT2D eigenvalue weighted by atomic mass is 32.2. The molecule has 0 radical (unpaired) electrons. The Hall–Kier alpha value is -3.17. The van der Waals surface area contributed by atoms with E-state index in [0.29, 0.717) is 31.7 Å². The molecule has 2 heterocycles. The summed E-state index contributed by atoms with van der Waals surface area (Å²) in [5, 5.41) is 9.18. The number of pyridine rings is 1. The first kappa shape index (κ1) is 20.1. The van der Waals surface area contributed by atoms with Gasteiger partial charge in [-0.3, -0.25) is 4.79 Å². The highest BCUT2D eigenvalue weighted by molar-refractivity contribution is 7.89. The fraction of sp³-hybridized carbons (Fsp3) is 0.238. The summed E-state index contributed by atoms with van der Waals surface area (Å²) in [6.07, 6.45) is 1.12. The summed E-state index contributed by atoms with van der Waals surface area (Å²) in [6.45, 7) is 3.76. The molecule has 1 aliphatic heterocycles. The van der Waals surface area contributed by atoms with Gasteiger partial charge < -0.3 is 15.0 Å². The lowest BCUT2D eigenvalue weighted by atomic mass is 10.1. The van der Waals surface area contributed by atoms with E-state index < -0.39 is 27.0 Å². The lowest BCUT2D eigenvalue weighted by Gasteiger charge is -2.35. The third-order valence-corrected chi connectivity index (χ3v) is 7.22. The van der Waals surface area contributed by atoms with E-state index in [1.54, 1.807) is 0 Å². The summed E-state index contributed by atoms with van der Waals surface area (Å²) in [5.74, 6) is -1.36. The molecule has 3 aromatic rings. The summed E-state index contributed by atoms with van der Waals surface area (Å²) in [4.78, 5) is 28.5. The molecule has 2 aromatic carbocycles. The average Bonchev–Trinajstić information content (AvgIpc) is 2.73. The Balaban J connectivity index is 1.61. The number of rotatable bonds is 4. The van der Waals surface area contributed by atoms with Crippen LogP contribution in [0.2, 0.25) is 0 Å². The van der Waals surface area contributed by atoms with Crippen LogP contribution in [-0.4, -0.2) is 55.0 Å². The molecule has 9 heteroatoms. The molecule has 0 saturated carbocycles. The van der Waals surface area contributed by atoms with Crippen LogP contribution in [0.15, 0.2) is 58.4 Å². The van der Waals surface area contributed by atoms with Gasteiger partial charge in [0.05, 0.1) is 4.90 Å². The lowest BCUT2D eigenvalue weighted by Crippen LogP contribution is -2.48. The van der Waals surface area contributed by atoms with Crippen molar-refractivity contribution >= 4 is 32.6 Å². The fourth-order valence-electron chi connectivity index (χ4n) is 3.68. The quantitative estimate of drug-likeness (QED) is 0.659. The van der Waals surface area contributed by atoms with E-state index in [1.807, 2.05) is 25.1 Å². The van der Waals surface area contributed by atoms with Crippen LogP contribution in [0.3, 0.4) is 0 Å². The van der Waals surface area contributed by atoms with Crippen LogP contribution in [0.5, 0.6) is 0 Å². The Bertz CT molecular complexity index is 1290. The number of aryl methyl sites for hydroxylation is 1. The molecule has 1 fully saturated rings. The summed E-state index contributed by atoms with van der Waals surface area (Å²) >= 11 is 0. The van der Waals surface area contributed by atoms with Crippen molar-refractivity contribution in [2.24, 2.45) is 0 Å². The SMILES string of the molecule is Cc1cccc(N2CCN(S(=O)(=O)c3ccc4[nH]cc(C(=O)O)c(=O)c4c3)CC2)c1. The van der Waals surface area contributed by atoms with E-state index >= 15 is 0 Å². The zero-order valence-corrected chi connectivity index (χ0v) is 17.1. The van der Waals surface area contributed by atoms with Crippen LogP contribution in [0.4, 0.5) is 5.69 Å². The Morgan fingerprint density at radius 1 is 1.07 bits per heavy atom. The van der Waals surface area contributed by atoms with E-state index in [-0.39, 0.29) is 10.3 Å². The van der Waals surface area contributed by atoms with Crippen molar-refractivity contribution in [1.82, 2.24) is 9.29 Å². The van der Waals surface area contributed by atoms with E-state index in [9.17, 15) is 18.0 Å². The minimum atomic E-state index is -3.81. The second kappa shape index (κ2) is 7.58. The number of sulfonamides is 1. The van der Waals surface area contributed by atoms with E-state index in [2.05, 4.69) is 16.0 Å². The fourth-order valence-corrected chi connectivity index (χ4v) is 5.13. The zero-order valence-electron chi connectivity index (χ0n) is 16.3. The van der Waals surface area contributed by atoms with Gasteiger partial charge in [-0.1, -0.05) is 12.1 Å². The van der Waals surface area contributed by atoms with Crippen LogP contribution in [0, 0.1) is 6.92 Å². The Labute approximate surface area is 173 Å². The molecule has 0 aliphatic carbocycles. The number of aromatic amines is 1. The molecule has 0 bridgehead atoms. The van der Waals surface area contributed by atoms with Crippen LogP contribution in [-0.2, 0) is 10.0 Å². The molecule has 0 unspecified atom stereocenters. The third kappa shape index (κ3) is 3.57. The Morgan fingerprint density at radius 3 is 2.47 bits per heavy atom. The number of aromatic carboxylic acids is 1. The van der Waals surface area contributed by atoms with Gasteiger partial charge in [0.25, 0.3) is 0 Å². The first-order valence-corrected chi connectivity index (χ1v) is 10.9. The number of benzene rings is 2. The van der Waals surface area contributed by atoms with Gasteiger partial charge in [-0.05, 0) is 42.8 Å². The number of nitrogens with zero attached hydrogens (tertiary/aromatic N) is 2. The van der Waals surface area contributed by atoms with Crippen LogP contribution < -0.4 is 10.3 Å². The van der Waals surface area contributed by atoms with E-state index in [1.165, 1.54) is 22.5 Å². The smallest absolute Gasteiger partial charge is 0.341 e. The number of anilines is 1. The number of hydrogen-bond acceptors (Lipinski definition) is 5. The highest BCUT2D eigenvalue weighted by Gasteiger charge is 2.29. The number of carboxylic acid groups (broad SMARTS) is 1. The van der Waals surface area contributed by atoms with Crippen LogP contribution in [0.1, 0.15) is 15.9 Å². The van der Waals surface area contributed by atoms with Crippen molar-refractivity contribution in [3.63, 3.8) is 0 Å². The van der Waals surface area contributed by atoms with Gasteiger partial charge in [-0.25, -0.2) is 13.2 Å². The number of piperazine rings is 1. The van der Waals surface area contributed by atoms with Gasteiger partial charge in [-0.2, -0.15) is 4.31 Å². The molecule has 4 rings (SSSR count). The van der Waals surface area contributed by atoms with Gasteiger partial charge in [0.2, 0.25) is 15.5 Å². The molecule has 156 valence electrons. The van der Waals surface area contributed by atoms with Crippen molar-refractivity contribution in [2.75, 3.05) is 31.1 Å². The van der Waals surface area contributed by atoms with Gasteiger partial charge in [0.1, 0.15) is 5.56 Å². The van der Waals surface area contributed by atoms with Crippen molar-refractivity contribution in [3.8, 4) is 0 Å². The summed E-state index contributed by atoms with van der Waals surface area (Å²) < 4.78 is 27.7. The van der Waals surface area contributed by atoms with Crippen LogP contribution in [0.25, 0.3) is 10.9 Å². The molecule has 0 atom stereocenters. The maximum atomic E-state index is 13.1. The maximum absolute atomic E-state index is 13.1. The molecular weight excluding hydrogens is 406 g/mol. The molecule has 30 heavy (non-hydrogen) atoms. The minimum absolute atomic E-state index is 0.0213. The molecule has 1 aliphatic rings. The molecule has 0 amide bonds. The van der Waals surface area contributed by atoms with Crippen molar-refractivity contribution in [3.05, 3.63) is 70.0 Å². The largest absolute Gasteiger partial charge is 0.477 e. The summed E-state index contributed by atoms with van der Waals surface area (Å²) in [5.41, 5.74) is 1.45. The van der Waals surface area contributed by atoms with Gasteiger partial charge in [-0.15, -0.1) is 0 Å². The predicted molar refractivity (Wildman–Crippen MR) is 114 cm³/mol. The van der Waals surface area contributed by atoms with Gasteiger partial charge >= 0.3 is 5.97 Å². The molecule has 8 nitrogen and oxygen atoms in total. The number of fused-ring (bicyclic) bond motifs is 1. The van der Waals surface area contributed by atoms with Crippen LogP contribution >= 0.6 is 0 Å². The topological polar surface area (TPSA) is 111 Å². The van der Waals surface area contributed by atoms with Crippen molar-refractivity contribution < 1.29 is 18.3 Å². The number of hydrogen-bond donors (Lipinski definition) is 2. The van der Waals surface area contributed by atoms with Gasteiger partial charge in [0.15, 0.2) is 0 Å². The number of nitrogens with one attached hydrogen (secondary N) is 1.